The molecule has 5 rings (SSSR count). The predicted molar refractivity (Wildman–Crippen MR) is 112 cm³/mol. The lowest BCUT2D eigenvalue weighted by Crippen LogP contribution is -2.64. The highest BCUT2D eigenvalue weighted by atomic mass is 19.2. The number of hydrogen-bond donors (Lipinski definition) is 0. The van der Waals surface area contributed by atoms with Crippen LogP contribution in [0.3, 0.4) is 0 Å². The first-order valence-electron chi connectivity index (χ1n) is 10.5. The van der Waals surface area contributed by atoms with Crippen molar-refractivity contribution in [3.8, 4) is 17.3 Å². The molecule has 2 aliphatic heterocycles. The fourth-order valence-corrected chi connectivity index (χ4v) is 4.78. The Morgan fingerprint density at radius 1 is 1.12 bits per heavy atom. The number of carbonyl (C=O) groups excluding carboxylic acids is 1. The van der Waals surface area contributed by atoms with Gasteiger partial charge in [-0.2, -0.15) is 4.98 Å². The van der Waals surface area contributed by atoms with Crippen LogP contribution in [-0.4, -0.2) is 44.6 Å². The largest absolute Gasteiger partial charge is 0.340 e. The number of fused-ring (bicyclic) bond motifs is 3. The fourth-order valence-electron chi connectivity index (χ4n) is 4.78. The monoisotopic (exact) mass is 442 g/mol. The van der Waals surface area contributed by atoms with Crippen molar-refractivity contribution in [2.45, 2.75) is 38.1 Å². The minimum absolute atomic E-state index is 0.0316. The van der Waals surface area contributed by atoms with Crippen LogP contribution in [0.15, 0.2) is 30.7 Å². The minimum Gasteiger partial charge on any atom is -0.340 e. The molecule has 1 aromatic carbocycles. The molecule has 1 atom stereocenters. The SMILES string of the molecule is CCC12CCCCN1c1nc(-n3ccnc3-c3cc(F)c(F)c(F)c3)ncc1N(C)C2=O. The zero-order valence-electron chi connectivity index (χ0n) is 17.6. The minimum atomic E-state index is -1.54. The number of nitrogens with zero attached hydrogens (tertiary/aromatic N) is 6. The average Bonchev–Trinajstić information content (AvgIpc) is 3.30. The van der Waals surface area contributed by atoms with Gasteiger partial charge in [0.1, 0.15) is 17.1 Å². The number of hydrogen-bond acceptors (Lipinski definition) is 5. The Labute approximate surface area is 182 Å². The van der Waals surface area contributed by atoms with E-state index in [1.807, 2.05) is 6.92 Å². The predicted octanol–water partition coefficient (Wildman–Crippen LogP) is 3.86. The molecule has 0 aliphatic carbocycles. The van der Waals surface area contributed by atoms with Gasteiger partial charge in [0.2, 0.25) is 5.95 Å². The zero-order valence-corrected chi connectivity index (χ0v) is 17.6. The lowest BCUT2D eigenvalue weighted by Gasteiger charge is -2.51. The second-order valence-electron chi connectivity index (χ2n) is 8.11. The van der Waals surface area contributed by atoms with Crippen LogP contribution >= 0.6 is 0 Å². The molecule has 0 radical (unpaired) electrons. The molecule has 0 spiro atoms. The van der Waals surface area contributed by atoms with E-state index in [0.29, 0.717) is 24.5 Å². The molecule has 0 saturated carbocycles. The second kappa shape index (κ2) is 7.32. The third kappa shape index (κ3) is 2.81. The summed E-state index contributed by atoms with van der Waals surface area (Å²) in [5.41, 5.74) is 0.0123. The summed E-state index contributed by atoms with van der Waals surface area (Å²) in [7, 11) is 1.72. The summed E-state index contributed by atoms with van der Waals surface area (Å²) in [6.45, 7) is 2.70. The van der Waals surface area contributed by atoms with Crippen LogP contribution in [0.2, 0.25) is 0 Å². The van der Waals surface area contributed by atoms with Crippen LogP contribution in [0, 0.1) is 17.5 Å². The van der Waals surface area contributed by atoms with Crippen molar-refractivity contribution in [2.24, 2.45) is 0 Å². The van der Waals surface area contributed by atoms with Gasteiger partial charge in [-0.05, 0) is 37.8 Å². The Hall–Kier alpha value is -3.43. The molecule has 1 amide bonds. The van der Waals surface area contributed by atoms with Crippen molar-refractivity contribution in [3.05, 3.63) is 48.2 Å². The smallest absolute Gasteiger partial charge is 0.252 e. The van der Waals surface area contributed by atoms with Gasteiger partial charge in [0.05, 0.1) is 6.20 Å². The molecule has 32 heavy (non-hydrogen) atoms. The molecule has 1 fully saturated rings. The van der Waals surface area contributed by atoms with Crippen molar-refractivity contribution in [1.82, 2.24) is 19.5 Å². The van der Waals surface area contributed by atoms with Crippen molar-refractivity contribution < 1.29 is 18.0 Å². The zero-order chi connectivity index (χ0) is 22.6. The van der Waals surface area contributed by atoms with Crippen LogP contribution in [-0.2, 0) is 4.79 Å². The Bertz CT molecular complexity index is 1210. The van der Waals surface area contributed by atoms with Crippen molar-refractivity contribution in [3.63, 3.8) is 0 Å². The molecule has 0 N–H and O–H groups in total. The number of carbonyl (C=O) groups is 1. The van der Waals surface area contributed by atoms with Crippen LogP contribution < -0.4 is 9.80 Å². The molecular weight excluding hydrogens is 421 g/mol. The van der Waals surface area contributed by atoms with Crippen LogP contribution in [0.1, 0.15) is 32.6 Å². The average molecular weight is 442 g/mol. The quantitative estimate of drug-likeness (QED) is 0.577. The molecule has 1 saturated heterocycles. The second-order valence-corrected chi connectivity index (χ2v) is 8.11. The Kier molecular flexibility index (Phi) is 4.68. The lowest BCUT2D eigenvalue weighted by molar-refractivity contribution is -0.124. The standard InChI is InChI=1S/C22H21F3N6O/c1-3-22-6-4-5-8-31(22)19-16(29(2)20(22)32)12-27-21(28-19)30-9-7-26-18(30)13-10-14(23)17(25)15(24)11-13/h7,9-12H,3-6,8H2,1-2H3. The number of rotatable bonds is 3. The Balaban J connectivity index is 1.64. The summed E-state index contributed by atoms with van der Waals surface area (Å²) in [4.78, 5) is 30.2. The molecule has 7 nitrogen and oxygen atoms in total. The molecule has 10 heteroatoms. The van der Waals surface area contributed by atoms with Gasteiger partial charge in [-0.1, -0.05) is 6.92 Å². The van der Waals surface area contributed by atoms with Gasteiger partial charge in [0.15, 0.2) is 23.3 Å². The molecule has 2 aliphatic rings. The van der Waals surface area contributed by atoms with Gasteiger partial charge >= 0.3 is 0 Å². The van der Waals surface area contributed by atoms with Crippen LogP contribution in [0.5, 0.6) is 0 Å². The fraction of sp³-hybridized carbons (Fsp3) is 0.364. The van der Waals surface area contributed by atoms with Gasteiger partial charge in [-0.15, -0.1) is 0 Å². The van der Waals surface area contributed by atoms with E-state index in [1.165, 1.54) is 10.8 Å². The summed E-state index contributed by atoms with van der Waals surface area (Å²) in [5, 5.41) is 0. The number of amides is 1. The summed E-state index contributed by atoms with van der Waals surface area (Å²) in [6.07, 6.45) is 7.89. The molecule has 166 valence electrons. The number of piperidine rings is 1. The van der Waals surface area contributed by atoms with E-state index in [0.717, 1.165) is 31.4 Å². The first-order chi connectivity index (χ1) is 15.4. The number of anilines is 2. The van der Waals surface area contributed by atoms with E-state index in [1.54, 1.807) is 24.3 Å². The number of benzene rings is 1. The summed E-state index contributed by atoms with van der Waals surface area (Å²) in [6, 6.07) is 1.77. The highest BCUT2D eigenvalue weighted by molar-refractivity contribution is 6.07. The molecule has 2 aromatic heterocycles. The van der Waals surface area contributed by atoms with E-state index < -0.39 is 23.0 Å². The van der Waals surface area contributed by atoms with Crippen LogP contribution in [0.25, 0.3) is 17.3 Å². The Morgan fingerprint density at radius 2 is 1.88 bits per heavy atom. The van der Waals surface area contributed by atoms with E-state index in [4.69, 9.17) is 4.98 Å². The summed E-state index contributed by atoms with van der Waals surface area (Å²) < 4.78 is 42.5. The van der Waals surface area contributed by atoms with Crippen molar-refractivity contribution in [1.29, 1.82) is 0 Å². The number of imidazole rings is 1. The lowest BCUT2D eigenvalue weighted by atomic mass is 9.81. The van der Waals surface area contributed by atoms with Crippen molar-refractivity contribution in [2.75, 3.05) is 23.4 Å². The van der Waals surface area contributed by atoms with Gasteiger partial charge in [-0.25, -0.2) is 23.1 Å². The van der Waals surface area contributed by atoms with Gasteiger partial charge in [-0.3, -0.25) is 9.36 Å². The van der Waals surface area contributed by atoms with Crippen molar-refractivity contribution >= 4 is 17.4 Å². The van der Waals surface area contributed by atoms with E-state index in [9.17, 15) is 18.0 Å². The third-order valence-electron chi connectivity index (χ3n) is 6.48. The maximum atomic E-state index is 13.8. The molecule has 3 aromatic rings. The molecule has 0 bridgehead atoms. The summed E-state index contributed by atoms with van der Waals surface area (Å²) >= 11 is 0. The molecule has 4 heterocycles. The number of halogens is 3. The normalized spacial score (nSPS) is 20.3. The van der Waals surface area contributed by atoms with E-state index >= 15 is 0 Å². The maximum absolute atomic E-state index is 13.8. The van der Waals surface area contributed by atoms with Gasteiger partial charge in [0.25, 0.3) is 5.91 Å². The van der Waals surface area contributed by atoms with Gasteiger partial charge < -0.3 is 9.80 Å². The van der Waals surface area contributed by atoms with E-state index in [2.05, 4.69) is 14.9 Å². The van der Waals surface area contributed by atoms with Crippen LogP contribution in [0.4, 0.5) is 24.7 Å². The molecule has 1 unspecified atom stereocenters. The highest BCUT2D eigenvalue weighted by Gasteiger charge is 2.51. The first-order valence-corrected chi connectivity index (χ1v) is 10.5. The van der Waals surface area contributed by atoms with Gasteiger partial charge in [0, 0.05) is 31.5 Å². The van der Waals surface area contributed by atoms with E-state index in [-0.39, 0.29) is 23.2 Å². The summed E-state index contributed by atoms with van der Waals surface area (Å²) in [5.74, 6) is -3.07. The Morgan fingerprint density at radius 3 is 2.59 bits per heavy atom. The molecular formula is C22H21F3N6O. The third-order valence-corrected chi connectivity index (χ3v) is 6.48. The number of likely N-dealkylation sites (N-methyl/N-ethyl adjacent to an activating group) is 1. The number of aromatic nitrogens is 4. The first kappa shape index (κ1) is 20.5. The topological polar surface area (TPSA) is 67.2 Å². The maximum Gasteiger partial charge on any atom is 0.252 e. The highest BCUT2D eigenvalue weighted by Crippen LogP contribution is 2.44.